The van der Waals surface area contributed by atoms with Gasteiger partial charge in [0.25, 0.3) is 17.5 Å². The number of hydrogen-bond donors (Lipinski definition) is 1. The van der Waals surface area contributed by atoms with Crippen LogP contribution in [0.2, 0.25) is 0 Å². The van der Waals surface area contributed by atoms with E-state index in [0.717, 1.165) is 23.8 Å². The first-order valence-electron chi connectivity index (χ1n) is 10.5. The lowest BCUT2D eigenvalue weighted by Crippen LogP contribution is -2.54. The van der Waals surface area contributed by atoms with Crippen molar-refractivity contribution >= 4 is 35.3 Å². The van der Waals surface area contributed by atoms with Crippen molar-refractivity contribution in [1.29, 1.82) is 0 Å². The second kappa shape index (κ2) is 10.1. The summed E-state index contributed by atoms with van der Waals surface area (Å²) in [4.78, 5) is 49.4. The maximum atomic E-state index is 14.3. The van der Waals surface area contributed by atoms with Crippen molar-refractivity contribution in [3.63, 3.8) is 0 Å². The van der Waals surface area contributed by atoms with E-state index >= 15 is 0 Å². The van der Waals surface area contributed by atoms with E-state index in [4.69, 9.17) is 9.47 Å². The second-order valence-electron chi connectivity index (χ2n) is 7.50. The molecule has 0 aromatic heterocycles. The fraction of sp³-hybridized carbons (Fsp3) is 0.0800. The predicted octanol–water partition coefficient (Wildman–Crippen LogP) is 3.99. The van der Waals surface area contributed by atoms with E-state index in [1.807, 2.05) is 35.6 Å². The predicted molar refractivity (Wildman–Crippen MR) is 126 cm³/mol. The first kappa shape index (κ1) is 24.1. The molecular formula is C25H18FN3O7. The van der Waals surface area contributed by atoms with Gasteiger partial charge in [-0.05, 0) is 29.8 Å². The monoisotopic (exact) mass is 491 g/mol. The minimum Gasteiger partial charge on any atom is -0.493 e. The lowest BCUT2D eigenvalue weighted by molar-refractivity contribution is -0.385. The number of ether oxygens (including phenoxy) is 2. The lowest BCUT2D eigenvalue weighted by Gasteiger charge is -2.26. The Morgan fingerprint density at radius 3 is 2.39 bits per heavy atom. The Bertz CT molecular complexity index is 1410. The smallest absolute Gasteiger partial charge is 0.336 e. The zero-order valence-electron chi connectivity index (χ0n) is 18.8. The molecular weight excluding hydrogens is 473 g/mol. The molecule has 1 N–H and O–H groups in total. The molecule has 1 aliphatic rings. The molecule has 10 nitrogen and oxygen atoms in total. The molecule has 0 bridgehead atoms. The summed E-state index contributed by atoms with van der Waals surface area (Å²) >= 11 is 0. The average Bonchev–Trinajstić information content (AvgIpc) is 2.86. The van der Waals surface area contributed by atoms with Gasteiger partial charge in [0.15, 0.2) is 11.5 Å². The van der Waals surface area contributed by atoms with Crippen LogP contribution in [-0.2, 0) is 16.2 Å². The quantitative estimate of drug-likeness (QED) is 0.229. The zero-order chi connectivity index (χ0) is 25.8. The normalized spacial score (nSPS) is 14.6. The van der Waals surface area contributed by atoms with Crippen molar-refractivity contribution in [3.05, 3.63) is 99.4 Å². The summed E-state index contributed by atoms with van der Waals surface area (Å²) in [7, 11) is 1.32. The highest BCUT2D eigenvalue weighted by Crippen LogP contribution is 2.37. The van der Waals surface area contributed by atoms with Gasteiger partial charge in [-0.25, -0.2) is 14.1 Å². The largest absolute Gasteiger partial charge is 0.493 e. The van der Waals surface area contributed by atoms with Crippen LogP contribution in [0, 0.1) is 15.9 Å². The maximum Gasteiger partial charge on any atom is 0.336 e. The van der Waals surface area contributed by atoms with E-state index in [1.54, 1.807) is 0 Å². The average molecular weight is 491 g/mol. The number of nitro groups is 1. The molecule has 182 valence electrons. The number of rotatable bonds is 7. The van der Waals surface area contributed by atoms with Gasteiger partial charge in [-0.15, -0.1) is 0 Å². The minimum absolute atomic E-state index is 0.0674. The van der Waals surface area contributed by atoms with Gasteiger partial charge in [0.1, 0.15) is 18.0 Å². The van der Waals surface area contributed by atoms with Crippen LogP contribution in [0.1, 0.15) is 11.1 Å². The Morgan fingerprint density at radius 1 is 1.03 bits per heavy atom. The standard InChI is InChI=1S/C25H18FN3O7/c1-35-21-12-16(20(29(33)34)13-22(21)36-14-15-7-3-2-4-8-15)11-17-23(30)27-25(32)28(24(17)31)19-10-6-5-9-18(19)26/h2-13H,14H2,1H3,(H,27,30,32)/b17-11+. The number of nitrogens with one attached hydrogen (secondary N) is 1. The molecule has 0 aliphatic carbocycles. The number of benzene rings is 3. The molecule has 36 heavy (non-hydrogen) atoms. The van der Waals surface area contributed by atoms with E-state index < -0.39 is 39.8 Å². The number of amides is 4. The van der Waals surface area contributed by atoms with Crippen LogP contribution in [0.25, 0.3) is 6.08 Å². The third-order valence-electron chi connectivity index (χ3n) is 5.24. The molecule has 11 heteroatoms. The molecule has 1 saturated heterocycles. The Hall–Kier alpha value is -5.06. The van der Waals surface area contributed by atoms with Crippen LogP contribution in [0.5, 0.6) is 11.5 Å². The number of nitrogens with zero attached hydrogens (tertiary/aromatic N) is 2. The number of barbiturate groups is 1. The number of nitro benzene ring substituents is 1. The first-order valence-corrected chi connectivity index (χ1v) is 10.5. The number of urea groups is 1. The number of carbonyl (C=O) groups excluding carboxylic acids is 3. The summed E-state index contributed by atoms with van der Waals surface area (Å²) in [5.74, 6) is -2.93. The molecule has 4 rings (SSSR count). The zero-order valence-corrected chi connectivity index (χ0v) is 18.8. The van der Waals surface area contributed by atoms with E-state index in [0.29, 0.717) is 4.90 Å². The summed E-state index contributed by atoms with van der Waals surface area (Å²) in [5, 5.41) is 13.8. The molecule has 0 spiro atoms. The van der Waals surface area contributed by atoms with Gasteiger partial charge in [0.05, 0.1) is 29.4 Å². The molecule has 0 radical (unpaired) electrons. The van der Waals surface area contributed by atoms with Gasteiger partial charge in [0, 0.05) is 0 Å². The van der Waals surface area contributed by atoms with Crippen molar-refractivity contribution in [2.75, 3.05) is 12.0 Å². The molecule has 3 aromatic carbocycles. The van der Waals surface area contributed by atoms with E-state index in [1.165, 1.54) is 31.4 Å². The molecule has 0 saturated carbocycles. The Kier molecular flexibility index (Phi) is 6.72. The maximum absolute atomic E-state index is 14.3. The van der Waals surface area contributed by atoms with Gasteiger partial charge >= 0.3 is 6.03 Å². The third kappa shape index (κ3) is 4.75. The van der Waals surface area contributed by atoms with Gasteiger partial charge in [-0.3, -0.25) is 25.0 Å². The van der Waals surface area contributed by atoms with Crippen LogP contribution in [0.3, 0.4) is 0 Å². The van der Waals surface area contributed by atoms with E-state index in [2.05, 4.69) is 0 Å². The summed E-state index contributed by atoms with van der Waals surface area (Å²) in [6.45, 7) is 0.107. The van der Waals surface area contributed by atoms with Crippen LogP contribution in [0.15, 0.2) is 72.3 Å². The van der Waals surface area contributed by atoms with Crippen molar-refractivity contribution in [2.45, 2.75) is 6.61 Å². The second-order valence-corrected chi connectivity index (χ2v) is 7.50. The number of anilines is 1. The van der Waals surface area contributed by atoms with Gasteiger partial charge in [-0.1, -0.05) is 42.5 Å². The highest BCUT2D eigenvalue weighted by atomic mass is 19.1. The molecule has 1 fully saturated rings. The first-order chi connectivity index (χ1) is 17.3. The molecule has 4 amide bonds. The van der Waals surface area contributed by atoms with Crippen molar-refractivity contribution in [3.8, 4) is 11.5 Å². The molecule has 0 unspecified atom stereocenters. The van der Waals surface area contributed by atoms with Crippen LogP contribution in [-0.4, -0.2) is 29.9 Å². The topological polar surface area (TPSA) is 128 Å². The fourth-order valence-electron chi connectivity index (χ4n) is 3.51. The number of imide groups is 2. The number of carbonyl (C=O) groups is 3. The molecule has 1 heterocycles. The minimum atomic E-state index is -1.15. The summed E-state index contributed by atoms with van der Waals surface area (Å²) < 4.78 is 25.3. The van der Waals surface area contributed by atoms with Crippen molar-refractivity contribution in [2.24, 2.45) is 0 Å². The van der Waals surface area contributed by atoms with E-state index in [-0.39, 0.29) is 29.4 Å². The number of para-hydroxylation sites is 1. The molecule has 1 aliphatic heterocycles. The Morgan fingerprint density at radius 2 is 1.72 bits per heavy atom. The van der Waals surface area contributed by atoms with Crippen LogP contribution in [0.4, 0.5) is 20.6 Å². The van der Waals surface area contributed by atoms with Crippen molar-refractivity contribution < 1.29 is 33.2 Å². The Balaban J connectivity index is 1.74. The Labute approximate surface area is 203 Å². The van der Waals surface area contributed by atoms with Gasteiger partial charge in [-0.2, -0.15) is 0 Å². The highest BCUT2D eigenvalue weighted by Gasteiger charge is 2.38. The lowest BCUT2D eigenvalue weighted by atomic mass is 10.0. The number of halogens is 1. The summed E-state index contributed by atoms with van der Waals surface area (Å²) in [6.07, 6.45) is 0.944. The van der Waals surface area contributed by atoms with Gasteiger partial charge in [0.2, 0.25) is 0 Å². The summed E-state index contributed by atoms with van der Waals surface area (Å²) in [6, 6.07) is 15.3. The third-order valence-corrected chi connectivity index (χ3v) is 5.24. The fourth-order valence-corrected chi connectivity index (χ4v) is 3.51. The van der Waals surface area contributed by atoms with Crippen molar-refractivity contribution in [1.82, 2.24) is 5.32 Å². The molecule has 3 aromatic rings. The molecule has 0 atom stereocenters. The number of hydrogen-bond acceptors (Lipinski definition) is 7. The summed E-state index contributed by atoms with van der Waals surface area (Å²) in [5.41, 5.74) is -0.821. The number of methoxy groups -OCH3 is 1. The highest BCUT2D eigenvalue weighted by molar-refractivity contribution is 6.39. The van der Waals surface area contributed by atoms with Crippen LogP contribution >= 0.6 is 0 Å². The SMILES string of the molecule is COc1cc(/C=C2\C(=O)NC(=O)N(c3ccccc3F)C2=O)c([N+](=O)[O-])cc1OCc1ccccc1. The van der Waals surface area contributed by atoms with E-state index in [9.17, 15) is 28.9 Å². The van der Waals surface area contributed by atoms with Crippen LogP contribution < -0.4 is 19.7 Å². The van der Waals surface area contributed by atoms with Gasteiger partial charge < -0.3 is 9.47 Å².